The second-order valence-corrected chi connectivity index (χ2v) is 8.38. The molecule has 0 radical (unpaired) electrons. The van der Waals surface area contributed by atoms with Crippen LogP contribution in [0.5, 0.6) is 0 Å². The Morgan fingerprint density at radius 2 is 1.80 bits per heavy atom. The molecule has 2 aromatic carbocycles. The van der Waals surface area contributed by atoms with Crippen LogP contribution in [0.2, 0.25) is 5.02 Å². The zero-order chi connectivity index (χ0) is 22.3. The lowest BCUT2D eigenvalue weighted by molar-refractivity contribution is -0.136. The van der Waals surface area contributed by atoms with Gasteiger partial charge in [-0.3, -0.25) is 9.59 Å². The van der Waals surface area contributed by atoms with Crippen LogP contribution in [0.3, 0.4) is 0 Å². The molecule has 11 heteroatoms. The molecular formula is C19H20ClN3O6S. The second kappa shape index (κ2) is 10.2. The Balaban J connectivity index is 1.90. The topological polar surface area (TPSA) is 122 Å². The smallest absolute Gasteiger partial charge is 0.338 e. The second-order valence-electron chi connectivity index (χ2n) is 6.09. The molecule has 2 N–H and O–H groups in total. The Kier molecular flexibility index (Phi) is 7.93. The number of ether oxygens (including phenoxy) is 1. The third kappa shape index (κ3) is 6.28. The van der Waals surface area contributed by atoms with Gasteiger partial charge in [-0.05, 0) is 37.4 Å². The minimum Gasteiger partial charge on any atom is -0.452 e. The van der Waals surface area contributed by atoms with Gasteiger partial charge in [-0.1, -0.05) is 29.8 Å². The summed E-state index contributed by atoms with van der Waals surface area (Å²) in [5, 5.41) is 2.93. The Hall–Kier alpha value is -2.95. The number of nitrogens with one attached hydrogen (secondary N) is 2. The maximum absolute atomic E-state index is 12.1. The molecule has 0 spiro atoms. The number of esters is 1. The van der Waals surface area contributed by atoms with Crippen LogP contribution in [0.15, 0.2) is 53.4 Å². The summed E-state index contributed by atoms with van der Waals surface area (Å²) in [5.74, 6) is -1.96. The van der Waals surface area contributed by atoms with E-state index in [2.05, 4.69) is 10.0 Å². The number of anilines is 1. The van der Waals surface area contributed by atoms with Gasteiger partial charge in [0.05, 0.1) is 27.7 Å². The summed E-state index contributed by atoms with van der Waals surface area (Å²) in [6.07, 6.45) is 0. The summed E-state index contributed by atoms with van der Waals surface area (Å²) in [4.78, 5) is 37.3. The third-order valence-corrected chi connectivity index (χ3v) is 5.67. The van der Waals surface area contributed by atoms with Crippen molar-refractivity contribution < 1.29 is 27.5 Å². The number of hydrogen-bond donors (Lipinski definition) is 2. The van der Waals surface area contributed by atoms with Crippen molar-refractivity contribution in [3.05, 3.63) is 59.1 Å². The largest absolute Gasteiger partial charge is 0.452 e. The molecule has 0 heterocycles. The fourth-order valence-corrected chi connectivity index (χ4v) is 3.24. The highest BCUT2D eigenvalue weighted by Crippen LogP contribution is 2.20. The van der Waals surface area contributed by atoms with Gasteiger partial charge in [0.25, 0.3) is 5.91 Å². The fourth-order valence-electron chi connectivity index (χ4n) is 2.28. The average molecular weight is 454 g/mol. The molecule has 2 amide bonds. The number of amides is 2. The maximum atomic E-state index is 12.1. The molecule has 9 nitrogen and oxygen atoms in total. The van der Waals surface area contributed by atoms with Crippen LogP contribution in [-0.4, -0.2) is 58.3 Å². The van der Waals surface area contributed by atoms with Gasteiger partial charge in [0.15, 0.2) is 6.61 Å². The first-order valence-corrected chi connectivity index (χ1v) is 10.5. The summed E-state index contributed by atoms with van der Waals surface area (Å²) in [6.45, 7) is -0.894. The first-order valence-electron chi connectivity index (χ1n) is 8.63. The van der Waals surface area contributed by atoms with E-state index in [1.165, 1.54) is 32.3 Å². The number of likely N-dealkylation sites (N-methyl/N-ethyl adjacent to an activating group) is 1. The van der Waals surface area contributed by atoms with E-state index >= 15 is 0 Å². The van der Waals surface area contributed by atoms with Crippen LogP contribution >= 0.6 is 11.6 Å². The highest BCUT2D eigenvalue weighted by molar-refractivity contribution is 7.89. The Morgan fingerprint density at radius 1 is 1.10 bits per heavy atom. The number of benzene rings is 2. The number of rotatable bonds is 8. The fraction of sp³-hybridized carbons (Fsp3) is 0.211. The minimum atomic E-state index is -3.73. The van der Waals surface area contributed by atoms with Gasteiger partial charge in [0, 0.05) is 7.05 Å². The molecular weight excluding hydrogens is 434 g/mol. The molecule has 160 valence electrons. The van der Waals surface area contributed by atoms with Crippen molar-refractivity contribution in [3.63, 3.8) is 0 Å². The molecule has 0 aliphatic heterocycles. The third-order valence-electron chi connectivity index (χ3n) is 3.93. The van der Waals surface area contributed by atoms with Crippen molar-refractivity contribution in [1.82, 2.24) is 9.62 Å². The lowest BCUT2D eigenvalue weighted by Gasteiger charge is -2.17. The van der Waals surface area contributed by atoms with E-state index in [9.17, 15) is 22.8 Å². The van der Waals surface area contributed by atoms with Gasteiger partial charge in [-0.2, -0.15) is 0 Å². The van der Waals surface area contributed by atoms with Crippen molar-refractivity contribution in [2.24, 2.45) is 0 Å². The maximum Gasteiger partial charge on any atom is 0.338 e. The van der Waals surface area contributed by atoms with Gasteiger partial charge in [0.1, 0.15) is 0 Å². The van der Waals surface area contributed by atoms with Gasteiger partial charge in [-0.25, -0.2) is 17.9 Å². The first-order chi connectivity index (χ1) is 14.1. The highest BCUT2D eigenvalue weighted by Gasteiger charge is 2.18. The lowest BCUT2D eigenvalue weighted by Crippen LogP contribution is -2.37. The predicted molar refractivity (Wildman–Crippen MR) is 111 cm³/mol. The Morgan fingerprint density at radius 3 is 2.47 bits per heavy atom. The summed E-state index contributed by atoms with van der Waals surface area (Å²) in [5.41, 5.74) is 0.381. The molecule has 30 heavy (non-hydrogen) atoms. The van der Waals surface area contributed by atoms with E-state index in [0.717, 1.165) is 11.0 Å². The number of hydrogen-bond acceptors (Lipinski definition) is 6. The molecule has 0 aromatic heterocycles. The van der Waals surface area contributed by atoms with Crippen LogP contribution in [-0.2, 0) is 24.3 Å². The zero-order valence-electron chi connectivity index (χ0n) is 16.2. The van der Waals surface area contributed by atoms with Gasteiger partial charge >= 0.3 is 5.97 Å². The number of nitrogens with zero attached hydrogens (tertiary/aromatic N) is 1. The average Bonchev–Trinajstić information content (AvgIpc) is 2.73. The molecule has 2 aromatic rings. The number of para-hydroxylation sites is 1. The summed E-state index contributed by atoms with van der Waals surface area (Å²) < 4.78 is 30.7. The molecule has 0 bridgehead atoms. The van der Waals surface area contributed by atoms with Crippen molar-refractivity contribution in [1.29, 1.82) is 0 Å². The summed E-state index contributed by atoms with van der Waals surface area (Å²) in [7, 11) is -1.10. The molecule has 0 saturated carbocycles. The number of sulfonamides is 1. The van der Waals surface area contributed by atoms with Gasteiger partial charge in [-0.15, -0.1) is 0 Å². The Bertz CT molecular complexity index is 1060. The monoisotopic (exact) mass is 453 g/mol. The van der Waals surface area contributed by atoms with Crippen LogP contribution in [0.1, 0.15) is 10.4 Å². The van der Waals surface area contributed by atoms with Gasteiger partial charge < -0.3 is 15.0 Å². The molecule has 0 atom stereocenters. The quantitative estimate of drug-likeness (QED) is 0.584. The summed E-state index contributed by atoms with van der Waals surface area (Å²) in [6, 6.07) is 11.8. The van der Waals surface area contributed by atoms with E-state index in [0.29, 0.717) is 10.7 Å². The van der Waals surface area contributed by atoms with Crippen LogP contribution < -0.4 is 10.0 Å². The summed E-state index contributed by atoms with van der Waals surface area (Å²) >= 11 is 5.96. The molecule has 0 saturated heterocycles. The predicted octanol–water partition coefficient (Wildman–Crippen LogP) is 1.50. The van der Waals surface area contributed by atoms with Crippen LogP contribution in [0, 0.1) is 0 Å². The molecule has 0 unspecified atom stereocenters. The van der Waals surface area contributed by atoms with Crippen molar-refractivity contribution >= 4 is 45.1 Å². The standard InChI is InChI=1S/C19H20ClN3O6S/c1-21-30(27,28)14-7-5-6-13(10-14)19(26)29-12-18(25)23(2)11-17(24)22-16-9-4-3-8-15(16)20/h3-10,21H,11-12H2,1-2H3,(H,22,24). The van der Waals surface area contributed by atoms with Crippen molar-refractivity contribution in [3.8, 4) is 0 Å². The highest BCUT2D eigenvalue weighted by atomic mass is 35.5. The molecule has 0 aliphatic rings. The SMILES string of the molecule is CNS(=O)(=O)c1cccc(C(=O)OCC(=O)N(C)CC(=O)Nc2ccccc2Cl)c1. The van der Waals surface area contributed by atoms with E-state index < -0.39 is 34.4 Å². The lowest BCUT2D eigenvalue weighted by atomic mass is 10.2. The Labute approximate surface area is 179 Å². The minimum absolute atomic E-state index is 0.0294. The molecule has 0 fully saturated rings. The normalized spacial score (nSPS) is 10.9. The molecule has 0 aliphatic carbocycles. The van der Waals surface area contributed by atoms with E-state index in [1.54, 1.807) is 24.3 Å². The van der Waals surface area contributed by atoms with Gasteiger partial charge in [0.2, 0.25) is 15.9 Å². The van der Waals surface area contributed by atoms with E-state index in [4.69, 9.17) is 16.3 Å². The van der Waals surface area contributed by atoms with Crippen molar-refractivity contribution in [2.45, 2.75) is 4.90 Å². The number of carbonyl (C=O) groups is 3. The molecule has 2 rings (SSSR count). The van der Waals surface area contributed by atoms with E-state index in [-0.39, 0.29) is 17.0 Å². The zero-order valence-corrected chi connectivity index (χ0v) is 17.8. The van der Waals surface area contributed by atoms with Crippen molar-refractivity contribution in [2.75, 3.05) is 32.6 Å². The number of halogens is 1. The number of carbonyl (C=O) groups excluding carboxylic acids is 3. The van der Waals surface area contributed by atoms with E-state index in [1.807, 2.05) is 0 Å². The van der Waals surface area contributed by atoms with Crippen LogP contribution in [0.25, 0.3) is 0 Å². The first kappa shape index (κ1) is 23.3. The van der Waals surface area contributed by atoms with Crippen LogP contribution in [0.4, 0.5) is 5.69 Å².